The van der Waals surface area contributed by atoms with Gasteiger partial charge in [-0.05, 0) is 18.4 Å². The molecule has 1 saturated carbocycles. The second-order valence-corrected chi connectivity index (χ2v) is 5.32. The molecule has 1 aromatic heterocycles. The molecule has 20 heavy (non-hydrogen) atoms. The molecular formula is C15H19N3O2. The minimum Gasteiger partial charge on any atom is -0.383 e. The van der Waals surface area contributed by atoms with Crippen LogP contribution >= 0.6 is 0 Å². The number of aromatic nitrogens is 2. The fourth-order valence-electron chi connectivity index (χ4n) is 2.76. The van der Waals surface area contributed by atoms with Crippen molar-refractivity contribution in [1.29, 1.82) is 0 Å². The smallest absolute Gasteiger partial charge is 0.245 e. The first-order valence-electron chi connectivity index (χ1n) is 6.90. The predicted molar refractivity (Wildman–Crippen MR) is 74.2 cm³/mol. The fraction of sp³-hybridized carbons (Fsp3) is 0.467. The molecule has 2 aromatic rings. The molecule has 1 aromatic carbocycles. The van der Waals surface area contributed by atoms with Gasteiger partial charge in [0, 0.05) is 7.11 Å². The number of nitrogens with zero attached hydrogens (tertiary/aromatic N) is 2. The van der Waals surface area contributed by atoms with Crippen LogP contribution in [0.1, 0.15) is 42.6 Å². The highest BCUT2D eigenvalue weighted by Crippen LogP contribution is 2.47. The van der Waals surface area contributed by atoms with Crippen molar-refractivity contribution in [3.05, 3.63) is 47.6 Å². The Hall–Kier alpha value is -1.72. The van der Waals surface area contributed by atoms with Crippen molar-refractivity contribution in [1.82, 2.24) is 10.1 Å². The van der Waals surface area contributed by atoms with E-state index in [0.29, 0.717) is 12.5 Å². The molecule has 0 aliphatic heterocycles. The third-order valence-electron chi connectivity index (χ3n) is 4.07. The minimum atomic E-state index is -0.367. The summed E-state index contributed by atoms with van der Waals surface area (Å²) in [6.07, 6.45) is 3.29. The SMILES string of the molecule is COCC(N)c1nc(C2(c3ccccc3)CCC2)no1. The topological polar surface area (TPSA) is 74.2 Å². The molecule has 2 N–H and O–H groups in total. The van der Waals surface area contributed by atoms with E-state index in [0.717, 1.165) is 18.7 Å². The van der Waals surface area contributed by atoms with E-state index < -0.39 is 0 Å². The van der Waals surface area contributed by atoms with Crippen LogP contribution in [-0.4, -0.2) is 23.9 Å². The Balaban J connectivity index is 1.91. The lowest BCUT2D eigenvalue weighted by Crippen LogP contribution is -2.36. The van der Waals surface area contributed by atoms with Crippen molar-refractivity contribution in [2.45, 2.75) is 30.7 Å². The summed E-state index contributed by atoms with van der Waals surface area (Å²) in [6.45, 7) is 0.375. The van der Waals surface area contributed by atoms with Crippen molar-refractivity contribution in [3.63, 3.8) is 0 Å². The molecule has 5 heteroatoms. The van der Waals surface area contributed by atoms with Crippen LogP contribution in [0, 0.1) is 0 Å². The second kappa shape index (κ2) is 5.34. The van der Waals surface area contributed by atoms with Gasteiger partial charge < -0.3 is 15.0 Å². The molecule has 1 unspecified atom stereocenters. The van der Waals surface area contributed by atoms with Crippen molar-refractivity contribution in [3.8, 4) is 0 Å². The Morgan fingerprint density at radius 1 is 1.35 bits per heavy atom. The number of ether oxygens (including phenoxy) is 1. The minimum absolute atomic E-state index is 0.101. The summed E-state index contributed by atoms with van der Waals surface area (Å²) in [6, 6.07) is 10.0. The maximum absolute atomic E-state index is 5.94. The largest absolute Gasteiger partial charge is 0.383 e. The van der Waals surface area contributed by atoms with E-state index in [1.165, 1.54) is 12.0 Å². The molecule has 5 nitrogen and oxygen atoms in total. The summed E-state index contributed by atoms with van der Waals surface area (Å²) in [5.74, 6) is 1.19. The van der Waals surface area contributed by atoms with Crippen LogP contribution in [-0.2, 0) is 10.2 Å². The normalized spacial score (nSPS) is 18.5. The predicted octanol–water partition coefficient (Wildman–Crippen LogP) is 2.19. The average molecular weight is 273 g/mol. The van der Waals surface area contributed by atoms with E-state index in [-0.39, 0.29) is 11.5 Å². The molecule has 0 amide bonds. The van der Waals surface area contributed by atoms with Gasteiger partial charge in [-0.25, -0.2) is 0 Å². The Labute approximate surface area is 118 Å². The number of methoxy groups -OCH3 is 1. The molecule has 3 rings (SSSR count). The van der Waals surface area contributed by atoms with E-state index in [1.807, 2.05) is 18.2 Å². The zero-order chi connectivity index (χ0) is 14.0. The van der Waals surface area contributed by atoms with Gasteiger partial charge in [0.25, 0.3) is 0 Å². The molecule has 0 saturated heterocycles. The molecule has 0 spiro atoms. The van der Waals surface area contributed by atoms with Crippen molar-refractivity contribution in [2.24, 2.45) is 5.73 Å². The maximum atomic E-state index is 5.94. The van der Waals surface area contributed by atoms with Gasteiger partial charge in [-0.1, -0.05) is 41.9 Å². The van der Waals surface area contributed by atoms with Gasteiger partial charge in [0.2, 0.25) is 5.89 Å². The Morgan fingerprint density at radius 3 is 2.70 bits per heavy atom. The average Bonchev–Trinajstić information content (AvgIpc) is 2.89. The first-order valence-corrected chi connectivity index (χ1v) is 6.90. The third-order valence-corrected chi connectivity index (χ3v) is 4.07. The van der Waals surface area contributed by atoms with Crippen LogP contribution in [0.15, 0.2) is 34.9 Å². The molecule has 1 heterocycles. The molecule has 1 fully saturated rings. The molecule has 1 aliphatic carbocycles. The molecule has 1 aliphatic rings. The van der Waals surface area contributed by atoms with Crippen LogP contribution < -0.4 is 5.73 Å². The van der Waals surface area contributed by atoms with Crippen LogP contribution in [0.25, 0.3) is 0 Å². The van der Waals surface area contributed by atoms with Gasteiger partial charge >= 0.3 is 0 Å². The molecule has 0 bridgehead atoms. The zero-order valence-corrected chi connectivity index (χ0v) is 11.6. The standard InChI is InChI=1S/C15H19N3O2/c1-19-10-12(16)13-17-14(18-20-13)15(8-5-9-15)11-6-3-2-4-7-11/h2-4,6-7,12H,5,8-10,16H2,1H3. The quantitative estimate of drug-likeness (QED) is 0.903. The van der Waals surface area contributed by atoms with Crippen molar-refractivity contribution in [2.75, 3.05) is 13.7 Å². The van der Waals surface area contributed by atoms with E-state index in [2.05, 4.69) is 22.3 Å². The summed E-state index contributed by atoms with van der Waals surface area (Å²) >= 11 is 0. The highest BCUT2D eigenvalue weighted by atomic mass is 16.5. The lowest BCUT2D eigenvalue weighted by Gasteiger charge is -2.39. The zero-order valence-electron chi connectivity index (χ0n) is 11.6. The maximum Gasteiger partial charge on any atom is 0.245 e. The van der Waals surface area contributed by atoms with E-state index in [4.69, 9.17) is 15.0 Å². The monoisotopic (exact) mass is 273 g/mol. The molecule has 1 atom stereocenters. The van der Waals surface area contributed by atoms with Crippen LogP contribution in [0.3, 0.4) is 0 Å². The number of nitrogens with two attached hydrogens (primary N) is 1. The molecular weight excluding hydrogens is 254 g/mol. The highest BCUT2D eigenvalue weighted by molar-refractivity contribution is 5.35. The van der Waals surface area contributed by atoms with Gasteiger partial charge in [0.1, 0.15) is 6.04 Å². The van der Waals surface area contributed by atoms with Gasteiger partial charge in [-0.15, -0.1) is 0 Å². The number of benzene rings is 1. The van der Waals surface area contributed by atoms with Gasteiger partial charge in [-0.3, -0.25) is 0 Å². The lowest BCUT2D eigenvalue weighted by atomic mass is 9.64. The Kier molecular flexibility index (Phi) is 3.54. The van der Waals surface area contributed by atoms with Crippen molar-refractivity contribution >= 4 is 0 Å². The number of rotatable bonds is 5. The third kappa shape index (κ3) is 2.13. The van der Waals surface area contributed by atoms with Crippen molar-refractivity contribution < 1.29 is 9.26 Å². The summed E-state index contributed by atoms with van der Waals surface area (Å²) in [5.41, 5.74) is 7.09. The fourth-order valence-corrected chi connectivity index (χ4v) is 2.76. The summed E-state index contributed by atoms with van der Waals surface area (Å²) < 4.78 is 10.3. The van der Waals surface area contributed by atoms with Crippen LogP contribution in [0.5, 0.6) is 0 Å². The second-order valence-electron chi connectivity index (χ2n) is 5.32. The highest BCUT2D eigenvalue weighted by Gasteiger charge is 2.44. The van der Waals surface area contributed by atoms with Gasteiger partial charge in [-0.2, -0.15) is 4.98 Å². The van der Waals surface area contributed by atoms with Gasteiger partial charge in [0.15, 0.2) is 5.82 Å². The summed E-state index contributed by atoms with van der Waals surface area (Å²) in [5, 5.41) is 4.17. The lowest BCUT2D eigenvalue weighted by molar-refractivity contribution is 0.166. The first kappa shape index (κ1) is 13.3. The van der Waals surface area contributed by atoms with E-state index in [9.17, 15) is 0 Å². The van der Waals surface area contributed by atoms with Gasteiger partial charge in [0.05, 0.1) is 12.0 Å². The van der Waals surface area contributed by atoms with E-state index >= 15 is 0 Å². The number of hydrogen-bond donors (Lipinski definition) is 1. The van der Waals surface area contributed by atoms with Crippen LogP contribution in [0.4, 0.5) is 0 Å². The number of hydrogen-bond acceptors (Lipinski definition) is 5. The Bertz CT molecular complexity index is 564. The first-order chi connectivity index (χ1) is 9.76. The molecule has 106 valence electrons. The summed E-state index contributed by atoms with van der Waals surface area (Å²) in [7, 11) is 1.61. The van der Waals surface area contributed by atoms with Crippen LogP contribution in [0.2, 0.25) is 0 Å². The Morgan fingerprint density at radius 2 is 2.10 bits per heavy atom. The summed E-state index contributed by atoms with van der Waals surface area (Å²) in [4.78, 5) is 4.52. The van der Waals surface area contributed by atoms with E-state index in [1.54, 1.807) is 7.11 Å². The molecule has 0 radical (unpaired) electrons.